The van der Waals surface area contributed by atoms with Gasteiger partial charge in [-0.3, -0.25) is 0 Å². The average Bonchev–Trinajstić information content (AvgIpc) is 2.49. The summed E-state index contributed by atoms with van der Waals surface area (Å²) in [4.78, 5) is 11.4. The Balaban J connectivity index is 2.23. The van der Waals surface area contributed by atoms with Crippen LogP contribution >= 0.6 is 11.6 Å². The van der Waals surface area contributed by atoms with Gasteiger partial charge in [0.25, 0.3) is 0 Å². The van der Waals surface area contributed by atoms with E-state index in [0.29, 0.717) is 0 Å². The summed E-state index contributed by atoms with van der Waals surface area (Å²) in [5.74, 6) is 2.56. The van der Waals surface area contributed by atoms with Crippen LogP contribution in [0.4, 0.5) is 17.3 Å². The maximum absolute atomic E-state index is 5.92. The van der Waals surface area contributed by atoms with E-state index in [4.69, 9.17) is 11.6 Å². The predicted molar refractivity (Wildman–Crippen MR) is 94.3 cm³/mol. The van der Waals surface area contributed by atoms with Gasteiger partial charge in [0.1, 0.15) is 17.5 Å². The summed E-state index contributed by atoms with van der Waals surface area (Å²) in [6, 6.07) is 9.61. The molecule has 1 aromatic heterocycles. The lowest BCUT2D eigenvalue weighted by Crippen LogP contribution is -2.26. The topological polar surface area (TPSA) is 41.0 Å². The predicted octanol–water partition coefficient (Wildman–Crippen LogP) is 4.81. The number of anilines is 3. The molecule has 4 nitrogen and oxygen atoms in total. The van der Waals surface area contributed by atoms with Crippen LogP contribution in [0.25, 0.3) is 0 Å². The minimum atomic E-state index is 0.724. The highest BCUT2D eigenvalue weighted by atomic mass is 35.5. The Morgan fingerprint density at radius 2 is 1.68 bits per heavy atom. The van der Waals surface area contributed by atoms with Crippen molar-refractivity contribution in [2.75, 3.05) is 23.3 Å². The number of benzene rings is 1. The first kappa shape index (κ1) is 16.6. The fraction of sp³-hybridized carbons (Fsp3) is 0.412. The van der Waals surface area contributed by atoms with Crippen molar-refractivity contribution in [2.45, 2.75) is 33.6 Å². The molecule has 0 aliphatic heterocycles. The van der Waals surface area contributed by atoms with Crippen molar-refractivity contribution in [2.24, 2.45) is 0 Å². The van der Waals surface area contributed by atoms with Gasteiger partial charge in [0.2, 0.25) is 0 Å². The number of nitrogens with one attached hydrogen (secondary N) is 1. The van der Waals surface area contributed by atoms with E-state index in [9.17, 15) is 0 Å². The summed E-state index contributed by atoms with van der Waals surface area (Å²) in [6.45, 7) is 8.30. The number of aryl methyl sites for hydroxylation is 1. The number of rotatable bonds is 7. The molecule has 0 bridgehead atoms. The van der Waals surface area contributed by atoms with Gasteiger partial charge < -0.3 is 10.2 Å². The van der Waals surface area contributed by atoms with Crippen molar-refractivity contribution in [3.63, 3.8) is 0 Å². The van der Waals surface area contributed by atoms with Gasteiger partial charge in [-0.2, -0.15) is 0 Å². The van der Waals surface area contributed by atoms with E-state index in [2.05, 4.69) is 34.0 Å². The van der Waals surface area contributed by atoms with Crippen molar-refractivity contribution < 1.29 is 0 Å². The molecule has 1 N–H and O–H groups in total. The molecule has 0 saturated heterocycles. The number of nitrogens with zero attached hydrogens (tertiary/aromatic N) is 3. The van der Waals surface area contributed by atoms with E-state index < -0.39 is 0 Å². The second-order valence-electron chi connectivity index (χ2n) is 5.28. The molecule has 1 aromatic carbocycles. The molecule has 22 heavy (non-hydrogen) atoms. The van der Waals surface area contributed by atoms with Gasteiger partial charge in [-0.15, -0.1) is 0 Å². The summed E-state index contributed by atoms with van der Waals surface area (Å²) < 4.78 is 0. The Kier molecular flexibility index (Phi) is 6.01. The Morgan fingerprint density at radius 1 is 1.05 bits per heavy atom. The Bertz CT molecular complexity index is 592. The number of hydrogen-bond donors (Lipinski definition) is 1. The lowest BCUT2D eigenvalue weighted by atomic mass is 10.3. The molecule has 0 atom stereocenters. The molecule has 0 fully saturated rings. The third-order valence-electron chi connectivity index (χ3n) is 3.25. The van der Waals surface area contributed by atoms with E-state index >= 15 is 0 Å². The van der Waals surface area contributed by atoms with Crippen LogP contribution in [0.5, 0.6) is 0 Å². The molecule has 2 rings (SSSR count). The highest BCUT2D eigenvalue weighted by Gasteiger charge is 2.09. The van der Waals surface area contributed by atoms with Gasteiger partial charge in [-0.05, 0) is 44.0 Å². The van der Waals surface area contributed by atoms with Crippen molar-refractivity contribution in [1.29, 1.82) is 0 Å². The van der Waals surface area contributed by atoms with Crippen molar-refractivity contribution in [3.8, 4) is 0 Å². The quantitative estimate of drug-likeness (QED) is 0.795. The molecule has 0 amide bonds. The van der Waals surface area contributed by atoms with Crippen LogP contribution in [-0.4, -0.2) is 23.1 Å². The van der Waals surface area contributed by atoms with Crippen molar-refractivity contribution in [3.05, 3.63) is 41.2 Å². The maximum atomic E-state index is 5.92. The molecule has 2 aromatic rings. The lowest BCUT2D eigenvalue weighted by molar-refractivity contribution is 0.730. The Morgan fingerprint density at radius 3 is 2.27 bits per heavy atom. The Labute approximate surface area is 137 Å². The van der Waals surface area contributed by atoms with Crippen LogP contribution in [-0.2, 0) is 0 Å². The molecule has 0 spiro atoms. The summed E-state index contributed by atoms with van der Waals surface area (Å²) in [7, 11) is 0. The monoisotopic (exact) mass is 318 g/mol. The zero-order valence-electron chi connectivity index (χ0n) is 13.4. The Hall–Kier alpha value is -1.81. The highest BCUT2D eigenvalue weighted by Crippen LogP contribution is 2.21. The van der Waals surface area contributed by atoms with Crippen LogP contribution in [0, 0.1) is 6.92 Å². The first-order valence-electron chi connectivity index (χ1n) is 7.75. The average molecular weight is 319 g/mol. The van der Waals surface area contributed by atoms with E-state index in [0.717, 1.165) is 54.1 Å². The van der Waals surface area contributed by atoms with Gasteiger partial charge in [0, 0.05) is 29.9 Å². The zero-order valence-corrected chi connectivity index (χ0v) is 14.2. The van der Waals surface area contributed by atoms with Gasteiger partial charge in [-0.25, -0.2) is 9.97 Å². The van der Waals surface area contributed by atoms with Gasteiger partial charge in [0.15, 0.2) is 0 Å². The third kappa shape index (κ3) is 4.60. The zero-order chi connectivity index (χ0) is 15.9. The van der Waals surface area contributed by atoms with Gasteiger partial charge in [0.05, 0.1) is 0 Å². The maximum Gasteiger partial charge on any atom is 0.136 e. The summed E-state index contributed by atoms with van der Waals surface area (Å²) in [5.41, 5.74) is 0.964. The third-order valence-corrected chi connectivity index (χ3v) is 3.50. The van der Waals surface area contributed by atoms with Crippen molar-refractivity contribution >= 4 is 28.9 Å². The van der Waals surface area contributed by atoms with E-state index in [-0.39, 0.29) is 0 Å². The molecular formula is C17H23ClN4. The molecule has 0 aliphatic rings. The van der Waals surface area contributed by atoms with Crippen LogP contribution in [0.3, 0.4) is 0 Å². The van der Waals surface area contributed by atoms with Crippen LogP contribution in [0.2, 0.25) is 5.02 Å². The van der Waals surface area contributed by atoms with E-state index in [1.807, 2.05) is 37.3 Å². The fourth-order valence-electron chi connectivity index (χ4n) is 2.34. The normalized spacial score (nSPS) is 10.5. The smallest absolute Gasteiger partial charge is 0.136 e. The summed E-state index contributed by atoms with van der Waals surface area (Å²) in [5, 5.41) is 4.04. The molecule has 0 aliphatic carbocycles. The van der Waals surface area contributed by atoms with E-state index in [1.165, 1.54) is 0 Å². The first-order valence-corrected chi connectivity index (χ1v) is 8.13. The fourth-order valence-corrected chi connectivity index (χ4v) is 2.47. The lowest BCUT2D eigenvalue weighted by Gasteiger charge is -2.23. The molecule has 0 unspecified atom stereocenters. The number of hydrogen-bond acceptors (Lipinski definition) is 4. The summed E-state index contributed by atoms with van der Waals surface area (Å²) >= 11 is 5.92. The minimum absolute atomic E-state index is 0.724. The van der Waals surface area contributed by atoms with Crippen molar-refractivity contribution in [1.82, 2.24) is 9.97 Å². The summed E-state index contributed by atoms with van der Waals surface area (Å²) in [6.07, 6.45) is 2.20. The highest BCUT2D eigenvalue weighted by molar-refractivity contribution is 6.30. The minimum Gasteiger partial charge on any atom is -0.356 e. The number of aromatic nitrogens is 2. The second-order valence-corrected chi connectivity index (χ2v) is 5.71. The largest absolute Gasteiger partial charge is 0.356 e. The standard InChI is InChI=1S/C17H23ClN4/c1-4-10-22(11-5-2)17-12-16(19-13(3)20-17)21-15-8-6-14(18)7-9-15/h6-9,12H,4-5,10-11H2,1-3H3,(H,19,20,21). The molecule has 118 valence electrons. The molecule has 1 heterocycles. The molecule has 5 heteroatoms. The van der Waals surface area contributed by atoms with Gasteiger partial charge >= 0.3 is 0 Å². The van der Waals surface area contributed by atoms with E-state index in [1.54, 1.807) is 0 Å². The molecule has 0 saturated carbocycles. The second kappa shape index (κ2) is 7.99. The molecule has 0 radical (unpaired) electrons. The van der Waals surface area contributed by atoms with Gasteiger partial charge in [-0.1, -0.05) is 25.4 Å². The SMILES string of the molecule is CCCN(CCC)c1cc(Nc2ccc(Cl)cc2)nc(C)n1. The van der Waals surface area contributed by atoms with Crippen LogP contribution < -0.4 is 10.2 Å². The van der Waals surface area contributed by atoms with Crippen LogP contribution in [0.15, 0.2) is 30.3 Å². The van der Waals surface area contributed by atoms with Crippen LogP contribution in [0.1, 0.15) is 32.5 Å². The number of halogens is 1. The first-order chi connectivity index (χ1) is 10.6. The molecular weight excluding hydrogens is 296 g/mol.